The van der Waals surface area contributed by atoms with Gasteiger partial charge in [0.15, 0.2) is 6.20 Å². The smallest absolute Gasteiger partial charge is 0.200 e. The van der Waals surface area contributed by atoms with Gasteiger partial charge < -0.3 is 0 Å². The van der Waals surface area contributed by atoms with Crippen molar-refractivity contribution in [3.8, 4) is 22.4 Å². The van der Waals surface area contributed by atoms with Gasteiger partial charge in [0, 0.05) is 17.2 Å². The Kier molecular flexibility index (Phi) is 5.69. The van der Waals surface area contributed by atoms with Crippen molar-refractivity contribution in [2.45, 2.75) is 70.6 Å². The topological polar surface area (TPSA) is 3.88 Å². The molecular weight excluding hydrogens is 374 g/mol. The maximum absolute atomic E-state index is 2.40. The van der Waals surface area contributed by atoms with Gasteiger partial charge in [0.2, 0.25) is 5.69 Å². The van der Waals surface area contributed by atoms with Gasteiger partial charge in [-0.05, 0) is 85.6 Å². The van der Waals surface area contributed by atoms with Crippen LogP contribution in [0.1, 0.15) is 74.8 Å². The minimum absolute atomic E-state index is 0.711. The molecule has 5 rings (SSSR count). The average molecular weight is 411 g/mol. The third-order valence-electron chi connectivity index (χ3n) is 8.23. The lowest BCUT2D eigenvalue weighted by atomic mass is 9.62. The highest BCUT2D eigenvalue weighted by molar-refractivity contribution is 5.66. The summed E-state index contributed by atoms with van der Waals surface area (Å²) < 4.78 is 2.26. The predicted octanol–water partition coefficient (Wildman–Crippen LogP) is 7.76. The Bertz CT molecular complexity index is 1030. The minimum atomic E-state index is 0.711. The van der Waals surface area contributed by atoms with Crippen LogP contribution in [0.2, 0.25) is 0 Å². The molecule has 160 valence electrons. The van der Waals surface area contributed by atoms with Gasteiger partial charge in [-0.1, -0.05) is 61.7 Å². The largest absolute Gasteiger partial charge is 0.212 e. The molecule has 0 saturated heterocycles. The second-order valence-electron chi connectivity index (χ2n) is 10.2. The Morgan fingerprint density at radius 2 is 1.42 bits per heavy atom. The number of benzene rings is 2. The zero-order chi connectivity index (χ0) is 21.3. The van der Waals surface area contributed by atoms with Gasteiger partial charge >= 0.3 is 0 Å². The molecule has 1 heterocycles. The molecule has 1 nitrogen and oxygen atoms in total. The van der Waals surface area contributed by atoms with Crippen molar-refractivity contribution in [1.29, 1.82) is 0 Å². The van der Waals surface area contributed by atoms with Crippen molar-refractivity contribution in [3.63, 3.8) is 0 Å². The van der Waals surface area contributed by atoms with E-state index in [1.165, 1.54) is 85.7 Å². The lowest BCUT2D eigenvalue weighted by Gasteiger charge is -2.43. The van der Waals surface area contributed by atoms with E-state index in [1.807, 2.05) is 0 Å². The second kappa shape index (κ2) is 8.61. The molecule has 2 aliphatic carbocycles. The van der Waals surface area contributed by atoms with Crippen molar-refractivity contribution < 1.29 is 4.57 Å². The Morgan fingerprint density at radius 1 is 0.742 bits per heavy atom. The Balaban J connectivity index is 1.30. The van der Waals surface area contributed by atoms with Crippen LogP contribution in [0.3, 0.4) is 0 Å². The molecule has 2 saturated carbocycles. The van der Waals surface area contributed by atoms with Crippen LogP contribution in [0.4, 0.5) is 0 Å². The van der Waals surface area contributed by atoms with Crippen molar-refractivity contribution >= 4 is 0 Å². The van der Waals surface area contributed by atoms with Gasteiger partial charge in [-0.15, -0.1) is 0 Å². The van der Waals surface area contributed by atoms with Crippen LogP contribution in [0, 0.1) is 12.3 Å². The average Bonchev–Trinajstić information content (AvgIpc) is 2.81. The molecule has 1 heteroatoms. The third kappa shape index (κ3) is 4.20. The molecule has 0 bridgehead atoms. The van der Waals surface area contributed by atoms with E-state index in [4.69, 9.17) is 0 Å². The van der Waals surface area contributed by atoms with Crippen LogP contribution in [-0.4, -0.2) is 0 Å². The molecule has 1 spiro atoms. The van der Waals surface area contributed by atoms with E-state index in [0.29, 0.717) is 5.41 Å². The number of aryl methyl sites for hydroxylation is 2. The number of nitrogens with zero attached hydrogens (tertiary/aromatic N) is 1. The van der Waals surface area contributed by atoms with E-state index in [1.54, 1.807) is 5.56 Å². The summed E-state index contributed by atoms with van der Waals surface area (Å²) in [6.07, 6.45) is 15.4. The van der Waals surface area contributed by atoms with Gasteiger partial charge in [-0.25, -0.2) is 4.57 Å². The predicted molar refractivity (Wildman–Crippen MR) is 130 cm³/mol. The van der Waals surface area contributed by atoms with E-state index in [-0.39, 0.29) is 0 Å². The number of hydrogen-bond donors (Lipinski definition) is 0. The molecule has 3 aromatic rings. The highest BCUT2D eigenvalue weighted by Gasteiger charge is 2.36. The summed E-state index contributed by atoms with van der Waals surface area (Å²) >= 11 is 0. The van der Waals surface area contributed by atoms with E-state index >= 15 is 0 Å². The maximum atomic E-state index is 2.40. The molecule has 0 amide bonds. The minimum Gasteiger partial charge on any atom is -0.200 e. The van der Waals surface area contributed by atoms with Crippen LogP contribution in [-0.2, 0) is 7.05 Å². The molecule has 0 radical (unpaired) electrons. The van der Waals surface area contributed by atoms with Crippen LogP contribution in [0.25, 0.3) is 22.4 Å². The van der Waals surface area contributed by atoms with Gasteiger partial charge in [0.25, 0.3) is 0 Å². The molecule has 0 unspecified atom stereocenters. The monoisotopic (exact) mass is 410 g/mol. The first-order valence-electron chi connectivity index (χ1n) is 12.3. The van der Waals surface area contributed by atoms with E-state index < -0.39 is 0 Å². The van der Waals surface area contributed by atoms with Crippen LogP contribution < -0.4 is 4.57 Å². The molecule has 2 fully saturated rings. The third-order valence-corrected chi connectivity index (χ3v) is 8.23. The molecular formula is C30H36N+. The van der Waals surface area contributed by atoms with Crippen LogP contribution in [0.5, 0.6) is 0 Å². The van der Waals surface area contributed by atoms with Crippen LogP contribution in [0.15, 0.2) is 66.9 Å². The molecule has 31 heavy (non-hydrogen) atoms. The summed E-state index contributed by atoms with van der Waals surface area (Å²) in [5, 5.41) is 0. The lowest BCUT2D eigenvalue weighted by molar-refractivity contribution is -0.659. The van der Waals surface area contributed by atoms with Crippen molar-refractivity contribution in [2.24, 2.45) is 12.5 Å². The van der Waals surface area contributed by atoms with E-state index in [0.717, 1.165) is 5.92 Å². The first-order chi connectivity index (χ1) is 15.1. The Labute approximate surface area is 188 Å². The molecule has 0 aliphatic heterocycles. The van der Waals surface area contributed by atoms with Gasteiger partial charge in [-0.3, -0.25) is 0 Å². The molecule has 2 aliphatic rings. The number of aromatic nitrogens is 1. The highest BCUT2D eigenvalue weighted by atomic mass is 14.9. The van der Waals surface area contributed by atoms with Crippen LogP contribution >= 0.6 is 0 Å². The fourth-order valence-electron chi connectivity index (χ4n) is 6.23. The quantitative estimate of drug-likeness (QED) is 0.388. The van der Waals surface area contributed by atoms with Gasteiger partial charge in [0.1, 0.15) is 7.05 Å². The molecule has 0 N–H and O–H groups in total. The molecule has 2 aromatic carbocycles. The van der Waals surface area contributed by atoms with Crippen molar-refractivity contribution in [1.82, 2.24) is 0 Å². The summed E-state index contributed by atoms with van der Waals surface area (Å²) in [6.45, 7) is 2.18. The maximum Gasteiger partial charge on any atom is 0.212 e. The number of rotatable bonds is 3. The van der Waals surface area contributed by atoms with Crippen molar-refractivity contribution in [3.05, 3.63) is 78.0 Å². The highest BCUT2D eigenvalue weighted by Crippen LogP contribution is 2.51. The normalized spacial score (nSPS) is 18.9. The zero-order valence-corrected chi connectivity index (χ0v) is 19.2. The van der Waals surface area contributed by atoms with Gasteiger partial charge in [-0.2, -0.15) is 0 Å². The lowest BCUT2D eigenvalue weighted by Crippen LogP contribution is -2.30. The molecule has 0 atom stereocenters. The summed E-state index contributed by atoms with van der Waals surface area (Å²) in [7, 11) is 2.16. The summed E-state index contributed by atoms with van der Waals surface area (Å²) in [4.78, 5) is 0. The second-order valence-corrected chi connectivity index (χ2v) is 10.2. The van der Waals surface area contributed by atoms with Crippen molar-refractivity contribution in [2.75, 3.05) is 0 Å². The first-order valence-corrected chi connectivity index (χ1v) is 12.3. The number of hydrogen-bond acceptors (Lipinski definition) is 0. The van der Waals surface area contributed by atoms with Gasteiger partial charge in [0.05, 0.1) is 0 Å². The zero-order valence-electron chi connectivity index (χ0n) is 19.2. The standard InChI is InChI=1S/C30H36N/c1-23-8-4-5-9-28(23)29-15-14-27(22-31(29)2)25-12-10-24(11-13-25)26-16-20-30(21-17-26)18-6-3-7-19-30/h4-5,8-15,22,26H,3,6-7,16-21H2,1-2H3/q+1. The Hall–Kier alpha value is -2.41. The van der Waals surface area contributed by atoms with E-state index in [9.17, 15) is 0 Å². The summed E-state index contributed by atoms with van der Waals surface area (Å²) in [6, 6.07) is 22.6. The number of pyridine rings is 1. The molecule has 1 aromatic heterocycles. The summed E-state index contributed by atoms with van der Waals surface area (Å²) in [5.41, 5.74) is 8.75. The fraction of sp³-hybridized carbons (Fsp3) is 0.433. The van der Waals surface area contributed by atoms with E-state index in [2.05, 4.69) is 85.4 Å². The first kappa shape index (κ1) is 20.5. The SMILES string of the molecule is Cc1ccccc1-c1ccc(-c2ccc(C3CCC4(CCCCC4)CC3)cc2)c[n+]1C. The fourth-order valence-corrected chi connectivity index (χ4v) is 6.23. The summed E-state index contributed by atoms with van der Waals surface area (Å²) in [5.74, 6) is 0.765. The Morgan fingerprint density at radius 3 is 2.10 bits per heavy atom.